The van der Waals surface area contributed by atoms with Gasteiger partial charge in [0.1, 0.15) is 11.9 Å². The van der Waals surface area contributed by atoms with E-state index in [1.165, 1.54) is 12.1 Å². The topological polar surface area (TPSA) is 92.1 Å². The first-order chi connectivity index (χ1) is 12.4. The molecule has 1 aromatic heterocycles. The Bertz CT molecular complexity index is 708. The Hall–Kier alpha value is -2.19. The number of nitrogens with one attached hydrogen (secondary N) is 3. The van der Waals surface area contributed by atoms with E-state index in [1.54, 1.807) is 12.1 Å². The molecule has 150 valence electrons. The number of hydrogen-bond donors (Lipinski definition) is 3. The summed E-state index contributed by atoms with van der Waals surface area (Å²) in [6.45, 7) is 6.25. The van der Waals surface area contributed by atoms with Crippen molar-refractivity contribution in [3.8, 4) is 0 Å². The maximum absolute atomic E-state index is 12.9. The van der Waals surface area contributed by atoms with Crippen LogP contribution in [0.1, 0.15) is 44.1 Å². The van der Waals surface area contributed by atoms with Crippen LogP contribution in [0, 0.1) is 11.7 Å². The summed E-state index contributed by atoms with van der Waals surface area (Å²) < 4.78 is 18.2. The second-order valence-corrected chi connectivity index (χ2v) is 6.62. The third-order valence-electron chi connectivity index (χ3n) is 4.05. The van der Waals surface area contributed by atoms with Crippen molar-refractivity contribution < 1.29 is 13.7 Å². The third-order valence-corrected chi connectivity index (χ3v) is 4.05. The van der Waals surface area contributed by atoms with E-state index in [0.29, 0.717) is 24.7 Å². The average molecular weight is 400 g/mol. The minimum Gasteiger partial charge on any atom is -0.337 e. The highest BCUT2D eigenvalue weighted by atomic mass is 35.5. The van der Waals surface area contributed by atoms with Crippen molar-refractivity contribution in [2.24, 2.45) is 5.92 Å². The van der Waals surface area contributed by atoms with Gasteiger partial charge in [-0.3, -0.25) is 0 Å². The number of aromatic nitrogens is 2. The molecule has 0 bridgehead atoms. The van der Waals surface area contributed by atoms with Crippen LogP contribution in [0.5, 0.6) is 0 Å². The minimum atomic E-state index is -0.394. The summed E-state index contributed by atoms with van der Waals surface area (Å²) in [4.78, 5) is 16.6. The molecule has 3 N–H and O–H groups in total. The normalized spacial score (nSPS) is 13.0. The fraction of sp³-hybridized carbons (Fsp3) is 0.500. The van der Waals surface area contributed by atoms with Crippen LogP contribution >= 0.6 is 12.4 Å². The van der Waals surface area contributed by atoms with Crippen molar-refractivity contribution >= 4 is 18.4 Å². The Balaban J connectivity index is 0.00000364. The molecule has 0 saturated carbocycles. The van der Waals surface area contributed by atoms with Gasteiger partial charge in [-0.25, -0.2) is 9.18 Å². The maximum atomic E-state index is 12.9. The van der Waals surface area contributed by atoms with Gasteiger partial charge in [-0.05, 0) is 37.6 Å². The molecule has 2 atom stereocenters. The summed E-state index contributed by atoms with van der Waals surface area (Å²) in [7, 11) is 1.87. The summed E-state index contributed by atoms with van der Waals surface area (Å²) >= 11 is 0. The number of carbonyl (C=O) groups is 1. The Morgan fingerprint density at radius 1 is 1.22 bits per heavy atom. The highest BCUT2D eigenvalue weighted by Crippen LogP contribution is 2.20. The lowest BCUT2D eigenvalue weighted by Crippen LogP contribution is -2.39. The van der Waals surface area contributed by atoms with Gasteiger partial charge in [0.25, 0.3) is 0 Å². The molecule has 0 radical (unpaired) electrons. The molecule has 2 rings (SSSR count). The standard InChI is InChI=1S/C18H26FN5O2.ClH/c1-11(2)16(17-22-15(24-26-17)9-12(3)20-4)23-18(25)21-10-13-5-7-14(19)8-6-13;/h5-8,11-12,16,20H,9-10H2,1-4H3,(H2,21,23,25);1H. The fourth-order valence-corrected chi connectivity index (χ4v) is 2.34. The minimum absolute atomic E-state index is 0. The van der Waals surface area contributed by atoms with Crippen molar-refractivity contribution in [1.29, 1.82) is 0 Å². The van der Waals surface area contributed by atoms with E-state index in [-0.39, 0.29) is 36.2 Å². The zero-order chi connectivity index (χ0) is 19.1. The lowest BCUT2D eigenvalue weighted by molar-refractivity contribution is 0.224. The summed E-state index contributed by atoms with van der Waals surface area (Å²) in [5, 5.41) is 12.7. The number of urea groups is 1. The molecule has 0 fully saturated rings. The molecule has 2 amide bonds. The molecule has 0 aliphatic rings. The summed E-state index contributed by atoms with van der Waals surface area (Å²) in [6, 6.07) is 5.46. The van der Waals surface area contributed by atoms with Gasteiger partial charge in [-0.2, -0.15) is 4.98 Å². The fourth-order valence-electron chi connectivity index (χ4n) is 2.34. The molecule has 0 saturated heterocycles. The second-order valence-electron chi connectivity index (χ2n) is 6.62. The lowest BCUT2D eigenvalue weighted by Gasteiger charge is -2.19. The van der Waals surface area contributed by atoms with E-state index in [9.17, 15) is 9.18 Å². The lowest BCUT2D eigenvalue weighted by atomic mass is 10.0. The van der Waals surface area contributed by atoms with Crippen molar-refractivity contribution in [3.05, 3.63) is 47.4 Å². The molecule has 2 unspecified atom stereocenters. The zero-order valence-corrected chi connectivity index (χ0v) is 16.8. The Kier molecular flexibility index (Phi) is 9.17. The SMILES string of the molecule is CNC(C)Cc1noc(C(NC(=O)NCc2ccc(F)cc2)C(C)C)n1.Cl. The number of nitrogens with zero attached hydrogens (tertiary/aromatic N) is 2. The van der Waals surface area contributed by atoms with Crippen molar-refractivity contribution in [2.45, 2.75) is 45.8 Å². The predicted octanol–water partition coefficient (Wildman–Crippen LogP) is 2.98. The molecule has 1 aromatic carbocycles. The van der Waals surface area contributed by atoms with E-state index in [2.05, 4.69) is 26.1 Å². The molecule has 0 aliphatic carbocycles. The first-order valence-corrected chi connectivity index (χ1v) is 8.67. The monoisotopic (exact) mass is 399 g/mol. The van der Waals surface area contributed by atoms with E-state index >= 15 is 0 Å². The van der Waals surface area contributed by atoms with Crippen LogP contribution < -0.4 is 16.0 Å². The summed E-state index contributed by atoms with van der Waals surface area (Å²) in [6.07, 6.45) is 0.640. The van der Waals surface area contributed by atoms with Crippen LogP contribution in [0.4, 0.5) is 9.18 Å². The number of halogens is 2. The van der Waals surface area contributed by atoms with Crippen molar-refractivity contribution in [2.75, 3.05) is 7.05 Å². The summed E-state index contributed by atoms with van der Waals surface area (Å²) in [5.41, 5.74) is 0.809. The first-order valence-electron chi connectivity index (χ1n) is 8.67. The number of likely N-dealkylation sites (N-methyl/N-ethyl adjacent to an activating group) is 1. The van der Waals surface area contributed by atoms with Gasteiger partial charge >= 0.3 is 6.03 Å². The van der Waals surface area contributed by atoms with Gasteiger partial charge in [-0.1, -0.05) is 31.1 Å². The quantitative estimate of drug-likeness (QED) is 0.634. The number of hydrogen-bond acceptors (Lipinski definition) is 5. The van der Waals surface area contributed by atoms with E-state index in [4.69, 9.17) is 4.52 Å². The average Bonchev–Trinajstić information content (AvgIpc) is 3.06. The maximum Gasteiger partial charge on any atom is 0.315 e. The molecule has 7 nitrogen and oxygen atoms in total. The number of carbonyl (C=O) groups excluding carboxylic acids is 1. The molecule has 2 aromatic rings. The Morgan fingerprint density at radius 3 is 2.48 bits per heavy atom. The molecular formula is C18H27ClFN5O2. The largest absolute Gasteiger partial charge is 0.337 e. The number of amides is 2. The summed E-state index contributed by atoms with van der Waals surface area (Å²) in [5.74, 6) is 0.746. The van der Waals surface area contributed by atoms with E-state index in [0.717, 1.165) is 5.56 Å². The van der Waals surface area contributed by atoms with Crippen LogP contribution in [-0.2, 0) is 13.0 Å². The predicted molar refractivity (Wildman–Crippen MR) is 103 cm³/mol. The zero-order valence-electron chi connectivity index (χ0n) is 16.0. The Labute approximate surface area is 164 Å². The van der Waals surface area contributed by atoms with Gasteiger partial charge in [0.05, 0.1) is 0 Å². The smallest absolute Gasteiger partial charge is 0.315 e. The second kappa shape index (κ2) is 10.8. The van der Waals surface area contributed by atoms with Gasteiger partial charge in [0.15, 0.2) is 5.82 Å². The molecule has 0 spiro atoms. The van der Waals surface area contributed by atoms with E-state index < -0.39 is 6.04 Å². The van der Waals surface area contributed by atoms with Crippen LogP contribution in [-0.4, -0.2) is 29.3 Å². The van der Waals surface area contributed by atoms with Gasteiger partial charge in [-0.15, -0.1) is 12.4 Å². The molecule has 9 heteroatoms. The van der Waals surface area contributed by atoms with Crippen LogP contribution in [0.3, 0.4) is 0 Å². The molecule has 0 aliphatic heterocycles. The van der Waals surface area contributed by atoms with Crippen LogP contribution in [0.25, 0.3) is 0 Å². The number of benzene rings is 1. The van der Waals surface area contributed by atoms with Crippen molar-refractivity contribution in [3.63, 3.8) is 0 Å². The van der Waals surface area contributed by atoms with Gasteiger partial charge < -0.3 is 20.5 Å². The molecule has 27 heavy (non-hydrogen) atoms. The third kappa shape index (κ3) is 7.15. The number of rotatable bonds is 8. The highest BCUT2D eigenvalue weighted by molar-refractivity contribution is 5.85. The highest BCUT2D eigenvalue weighted by Gasteiger charge is 2.24. The molecule has 1 heterocycles. The van der Waals surface area contributed by atoms with E-state index in [1.807, 2.05) is 27.8 Å². The van der Waals surface area contributed by atoms with Crippen LogP contribution in [0.2, 0.25) is 0 Å². The first kappa shape index (κ1) is 22.9. The van der Waals surface area contributed by atoms with Gasteiger partial charge in [0, 0.05) is 19.0 Å². The molecular weight excluding hydrogens is 373 g/mol. The van der Waals surface area contributed by atoms with Crippen molar-refractivity contribution in [1.82, 2.24) is 26.1 Å². The Morgan fingerprint density at radius 2 is 1.89 bits per heavy atom. The van der Waals surface area contributed by atoms with Crippen LogP contribution in [0.15, 0.2) is 28.8 Å². The van der Waals surface area contributed by atoms with Gasteiger partial charge in [0.2, 0.25) is 5.89 Å².